The van der Waals surface area contributed by atoms with Gasteiger partial charge in [0.05, 0.1) is 6.04 Å². The van der Waals surface area contributed by atoms with Gasteiger partial charge in [0, 0.05) is 44.7 Å². The fourth-order valence-electron chi connectivity index (χ4n) is 4.42. The predicted octanol–water partition coefficient (Wildman–Crippen LogP) is 2.50. The summed E-state index contributed by atoms with van der Waals surface area (Å²) in [4.78, 5) is 17.1. The van der Waals surface area contributed by atoms with E-state index in [4.69, 9.17) is 0 Å². The molecule has 2 heterocycles. The Morgan fingerprint density at radius 3 is 2.21 bits per heavy atom. The highest BCUT2D eigenvalue weighted by Crippen LogP contribution is 2.22. The largest absolute Gasteiger partial charge is 0.341 e. The summed E-state index contributed by atoms with van der Waals surface area (Å²) in [6, 6.07) is 9.20. The second-order valence-corrected chi connectivity index (χ2v) is 10.4. The van der Waals surface area contributed by atoms with Gasteiger partial charge in [-0.25, -0.2) is 8.42 Å². The molecule has 0 unspecified atom stereocenters. The minimum Gasteiger partial charge on any atom is -0.341 e. The molecule has 6 nitrogen and oxygen atoms in total. The van der Waals surface area contributed by atoms with Gasteiger partial charge in [-0.2, -0.15) is 4.31 Å². The van der Waals surface area contributed by atoms with Crippen molar-refractivity contribution in [3.63, 3.8) is 0 Å². The first-order valence-electron chi connectivity index (χ1n) is 10.5. The summed E-state index contributed by atoms with van der Waals surface area (Å²) in [5, 5.41) is 1.28. The zero-order valence-corrected chi connectivity index (χ0v) is 18.5. The summed E-state index contributed by atoms with van der Waals surface area (Å²) >= 11 is 0. The van der Waals surface area contributed by atoms with Gasteiger partial charge < -0.3 is 4.90 Å². The molecule has 1 aromatic rings. The number of likely N-dealkylation sites (tertiary alicyclic amines) is 1. The van der Waals surface area contributed by atoms with E-state index in [0.29, 0.717) is 38.0 Å². The third-order valence-electron chi connectivity index (χ3n) is 5.95. The second kappa shape index (κ2) is 9.41. The fourth-order valence-corrected chi connectivity index (χ4v) is 5.60. The van der Waals surface area contributed by atoms with Crippen LogP contribution in [0.4, 0.5) is 0 Å². The third-order valence-corrected chi connectivity index (χ3v) is 7.52. The van der Waals surface area contributed by atoms with Crippen LogP contribution in [0, 0.1) is 11.8 Å². The number of carbonyl (C=O) groups excluding carboxylic acids is 1. The van der Waals surface area contributed by atoms with E-state index < -0.39 is 10.0 Å². The van der Waals surface area contributed by atoms with Crippen LogP contribution in [-0.2, 0) is 14.8 Å². The van der Waals surface area contributed by atoms with Gasteiger partial charge in [0.1, 0.15) is 0 Å². The monoisotopic (exact) mass is 419 g/mol. The van der Waals surface area contributed by atoms with Gasteiger partial charge in [0.2, 0.25) is 15.9 Å². The molecule has 0 radical (unpaired) electrons. The maximum absolute atomic E-state index is 13.0. The Morgan fingerprint density at radius 2 is 1.62 bits per heavy atom. The number of benzene rings is 1. The molecule has 160 valence electrons. The Bertz CT molecular complexity index is 807. The normalized spacial score (nSPS) is 26.0. The van der Waals surface area contributed by atoms with Gasteiger partial charge >= 0.3 is 0 Å². The van der Waals surface area contributed by atoms with Crippen LogP contribution >= 0.6 is 0 Å². The molecule has 3 rings (SSSR count). The molecule has 2 saturated heterocycles. The number of amides is 1. The highest BCUT2D eigenvalue weighted by Gasteiger charge is 2.33. The van der Waals surface area contributed by atoms with E-state index in [1.807, 2.05) is 42.2 Å². The zero-order valence-electron chi connectivity index (χ0n) is 17.7. The average Bonchev–Trinajstić information content (AvgIpc) is 2.71. The Kier molecular flexibility index (Phi) is 7.14. The van der Waals surface area contributed by atoms with Crippen molar-refractivity contribution in [1.82, 2.24) is 14.1 Å². The van der Waals surface area contributed by atoms with E-state index in [2.05, 4.69) is 18.7 Å². The summed E-state index contributed by atoms with van der Waals surface area (Å²) in [5.41, 5.74) is 0.860. The van der Waals surface area contributed by atoms with Crippen molar-refractivity contribution in [1.29, 1.82) is 0 Å². The first-order valence-corrected chi connectivity index (χ1v) is 12.0. The van der Waals surface area contributed by atoms with E-state index in [-0.39, 0.29) is 11.9 Å². The number of piperidine rings is 1. The number of piperazine rings is 1. The lowest BCUT2D eigenvalue weighted by Crippen LogP contribution is -2.56. The highest BCUT2D eigenvalue weighted by molar-refractivity contribution is 7.92. The van der Waals surface area contributed by atoms with Gasteiger partial charge in [-0.3, -0.25) is 9.69 Å². The summed E-state index contributed by atoms with van der Waals surface area (Å²) in [5.74, 6) is 1.24. The average molecular weight is 420 g/mol. The van der Waals surface area contributed by atoms with Crippen molar-refractivity contribution >= 4 is 22.0 Å². The van der Waals surface area contributed by atoms with Crippen LogP contribution < -0.4 is 0 Å². The SMILES string of the molecule is C[C@@H]1C[C@@H](C)CN(C(=O)[C@@H](C)N2CCN(S(=O)(=O)/C=C/c3ccccc3)CC2)C1. The molecule has 0 saturated carbocycles. The summed E-state index contributed by atoms with van der Waals surface area (Å²) in [7, 11) is -3.46. The standard InChI is InChI=1S/C22H33N3O3S/c1-18-15-19(2)17-24(16-18)22(26)20(3)23-10-12-25(13-11-23)29(27,28)14-9-21-7-5-4-6-8-21/h4-9,14,18-20H,10-13,15-17H2,1-3H3/b14-9+/t18-,19-,20-/m1/s1. The molecule has 1 aromatic carbocycles. The molecule has 1 amide bonds. The predicted molar refractivity (Wildman–Crippen MR) is 117 cm³/mol. The molecular formula is C22H33N3O3S. The second-order valence-electron chi connectivity index (χ2n) is 8.56. The van der Waals surface area contributed by atoms with Gasteiger partial charge in [-0.15, -0.1) is 0 Å². The Morgan fingerprint density at radius 1 is 1.03 bits per heavy atom. The van der Waals surface area contributed by atoms with Crippen molar-refractivity contribution in [2.75, 3.05) is 39.3 Å². The number of nitrogens with zero attached hydrogens (tertiary/aromatic N) is 3. The quantitative estimate of drug-likeness (QED) is 0.736. The lowest BCUT2D eigenvalue weighted by Gasteiger charge is -2.41. The molecule has 0 aromatic heterocycles. The van der Waals surface area contributed by atoms with E-state index >= 15 is 0 Å². The van der Waals surface area contributed by atoms with Crippen molar-refractivity contribution in [3.05, 3.63) is 41.3 Å². The number of hydrogen-bond acceptors (Lipinski definition) is 4. The molecule has 0 spiro atoms. The van der Waals surface area contributed by atoms with E-state index in [1.54, 1.807) is 6.08 Å². The van der Waals surface area contributed by atoms with Crippen LogP contribution in [0.3, 0.4) is 0 Å². The maximum atomic E-state index is 13.0. The molecule has 29 heavy (non-hydrogen) atoms. The topological polar surface area (TPSA) is 60.9 Å². The minimum atomic E-state index is -3.46. The lowest BCUT2D eigenvalue weighted by molar-refractivity contribution is -0.139. The first-order chi connectivity index (χ1) is 13.8. The van der Waals surface area contributed by atoms with Crippen LogP contribution in [0.5, 0.6) is 0 Å². The van der Waals surface area contributed by atoms with Crippen molar-refractivity contribution in [3.8, 4) is 0 Å². The maximum Gasteiger partial charge on any atom is 0.239 e. The number of hydrogen-bond donors (Lipinski definition) is 0. The molecule has 2 aliphatic heterocycles. The summed E-state index contributed by atoms with van der Waals surface area (Å²) < 4.78 is 26.8. The fraction of sp³-hybridized carbons (Fsp3) is 0.591. The van der Waals surface area contributed by atoms with Gasteiger partial charge in [-0.1, -0.05) is 44.2 Å². The Hall–Kier alpha value is -1.70. The minimum absolute atomic E-state index is 0.170. The van der Waals surface area contributed by atoms with Crippen molar-refractivity contribution < 1.29 is 13.2 Å². The highest BCUT2D eigenvalue weighted by atomic mass is 32.2. The lowest BCUT2D eigenvalue weighted by atomic mass is 9.91. The first kappa shape index (κ1) is 22.0. The molecule has 2 fully saturated rings. The molecule has 2 aliphatic rings. The number of carbonyl (C=O) groups is 1. The Balaban J connectivity index is 1.55. The van der Waals surface area contributed by atoms with Crippen molar-refractivity contribution in [2.24, 2.45) is 11.8 Å². The van der Waals surface area contributed by atoms with Gasteiger partial charge in [0.15, 0.2) is 0 Å². The summed E-state index contributed by atoms with van der Waals surface area (Å²) in [6.07, 6.45) is 2.80. The van der Waals surface area contributed by atoms with E-state index in [0.717, 1.165) is 18.7 Å². The van der Waals surface area contributed by atoms with Gasteiger partial charge in [-0.05, 0) is 36.8 Å². The van der Waals surface area contributed by atoms with Crippen LogP contribution in [-0.4, -0.2) is 73.7 Å². The molecular weight excluding hydrogens is 386 g/mol. The zero-order chi connectivity index (χ0) is 21.0. The van der Waals surface area contributed by atoms with Gasteiger partial charge in [0.25, 0.3) is 0 Å². The van der Waals surface area contributed by atoms with Crippen LogP contribution in [0.15, 0.2) is 35.7 Å². The molecule has 0 N–H and O–H groups in total. The Labute approximate surface area is 175 Å². The molecule has 0 aliphatic carbocycles. The smallest absolute Gasteiger partial charge is 0.239 e. The third kappa shape index (κ3) is 5.68. The van der Waals surface area contributed by atoms with Crippen LogP contribution in [0.2, 0.25) is 0 Å². The molecule has 7 heteroatoms. The van der Waals surface area contributed by atoms with E-state index in [1.165, 1.54) is 16.1 Å². The molecule has 0 bridgehead atoms. The van der Waals surface area contributed by atoms with Crippen molar-refractivity contribution in [2.45, 2.75) is 33.2 Å². The van der Waals surface area contributed by atoms with Crippen LogP contribution in [0.25, 0.3) is 6.08 Å². The van der Waals surface area contributed by atoms with Crippen LogP contribution in [0.1, 0.15) is 32.8 Å². The molecule has 3 atom stereocenters. The number of sulfonamides is 1. The summed E-state index contributed by atoms with van der Waals surface area (Å²) in [6.45, 7) is 9.97. The number of rotatable bonds is 5. The van der Waals surface area contributed by atoms with E-state index in [9.17, 15) is 13.2 Å².